The van der Waals surface area contributed by atoms with Gasteiger partial charge < -0.3 is 19.7 Å². The van der Waals surface area contributed by atoms with Crippen molar-refractivity contribution in [2.24, 2.45) is 0 Å². The molecule has 0 radical (unpaired) electrons. The van der Waals surface area contributed by atoms with Gasteiger partial charge in [-0.1, -0.05) is 29.8 Å². The summed E-state index contributed by atoms with van der Waals surface area (Å²) >= 11 is 6.00. The smallest absolute Gasteiger partial charge is 0.242 e. The fraction of sp³-hybridized carbons (Fsp3) is 0.440. The second-order valence-electron chi connectivity index (χ2n) is 9.04. The van der Waals surface area contributed by atoms with Crippen molar-refractivity contribution in [2.45, 2.75) is 58.7 Å². The van der Waals surface area contributed by atoms with E-state index in [4.69, 9.17) is 21.1 Å². The van der Waals surface area contributed by atoms with Gasteiger partial charge >= 0.3 is 0 Å². The van der Waals surface area contributed by atoms with Crippen molar-refractivity contribution in [1.29, 1.82) is 0 Å². The zero-order valence-corrected chi connectivity index (χ0v) is 19.9. The zero-order valence-electron chi connectivity index (χ0n) is 19.1. The lowest BCUT2D eigenvalue weighted by Crippen LogP contribution is -2.52. The van der Waals surface area contributed by atoms with Crippen LogP contribution in [0, 0.1) is 0 Å². The number of hydrogen-bond donors (Lipinski definition) is 1. The minimum atomic E-state index is -0.613. The van der Waals surface area contributed by atoms with Gasteiger partial charge in [-0.25, -0.2) is 0 Å². The molecule has 2 aromatic rings. The maximum atomic E-state index is 13.3. The van der Waals surface area contributed by atoms with Crippen LogP contribution < -0.4 is 14.8 Å². The Hall–Kier alpha value is -2.73. The van der Waals surface area contributed by atoms with Crippen molar-refractivity contribution in [3.8, 4) is 11.5 Å². The van der Waals surface area contributed by atoms with Crippen LogP contribution in [0.1, 0.15) is 45.2 Å². The first-order chi connectivity index (χ1) is 15.1. The molecule has 1 aliphatic rings. The van der Waals surface area contributed by atoms with Crippen LogP contribution >= 0.6 is 11.6 Å². The Morgan fingerprint density at radius 1 is 1.03 bits per heavy atom. The summed E-state index contributed by atoms with van der Waals surface area (Å²) in [5, 5.41) is 3.60. The molecule has 1 atom stereocenters. The number of carbonyl (C=O) groups excluding carboxylic acids is 2. The molecule has 1 aliphatic heterocycles. The Morgan fingerprint density at radius 3 is 2.31 bits per heavy atom. The molecule has 1 N–H and O–H groups in total. The number of ether oxygens (including phenoxy) is 2. The molecule has 0 aliphatic carbocycles. The third-order valence-corrected chi connectivity index (χ3v) is 5.42. The quantitative estimate of drug-likeness (QED) is 0.668. The highest BCUT2D eigenvalue weighted by molar-refractivity contribution is 6.30. The third kappa shape index (κ3) is 6.63. The molecular formula is C25H31ClN2O4. The molecule has 6 nitrogen and oxygen atoms in total. The average molecular weight is 459 g/mol. The van der Waals surface area contributed by atoms with Gasteiger partial charge in [0.2, 0.25) is 11.8 Å². The summed E-state index contributed by atoms with van der Waals surface area (Å²) in [6.07, 6.45) is 0.820. The van der Waals surface area contributed by atoms with Gasteiger partial charge in [0.25, 0.3) is 0 Å². The molecule has 1 unspecified atom stereocenters. The minimum absolute atomic E-state index is 0.0913. The predicted molar refractivity (Wildman–Crippen MR) is 125 cm³/mol. The highest BCUT2D eigenvalue weighted by atomic mass is 35.5. The zero-order chi connectivity index (χ0) is 23.3. The Labute approximate surface area is 194 Å². The fourth-order valence-corrected chi connectivity index (χ4v) is 3.61. The summed E-state index contributed by atoms with van der Waals surface area (Å²) in [5.41, 5.74) is 1.52. The number of nitrogens with zero attached hydrogens (tertiary/aromatic N) is 1. The highest BCUT2D eigenvalue weighted by Gasteiger charge is 2.28. The van der Waals surface area contributed by atoms with Crippen LogP contribution in [0.4, 0.5) is 0 Å². The summed E-state index contributed by atoms with van der Waals surface area (Å²) in [7, 11) is 0. The van der Waals surface area contributed by atoms with Gasteiger partial charge in [0.05, 0.1) is 0 Å². The van der Waals surface area contributed by atoms with E-state index in [1.165, 1.54) is 0 Å². The van der Waals surface area contributed by atoms with Crippen LogP contribution in [0.25, 0.3) is 0 Å². The molecule has 32 heavy (non-hydrogen) atoms. The third-order valence-electron chi connectivity index (χ3n) is 5.17. The standard InChI is InChI=1S/C25H31ClN2O4/c1-17(24(30)27-25(2,3)4)28(16-19-5-9-20(26)10-6-19)23(29)12-8-18-7-11-21-22(15-18)32-14-13-31-21/h5-7,9-11,15,17H,8,12-14,16H2,1-4H3,(H,27,30). The Morgan fingerprint density at radius 2 is 1.66 bits per heavy atom. The summed E-state index contributed by atoms with van der Waals surface area (Å²) in [4.78, 5) is 27.7. The van der Waals surface area contributed by atoms with E-state index in [9.17, 15) is 9.59 Å². The summed E-state index contributed by atoms with van der Waals surface area (Å²) in [6, 6.07) is 12.4. The minimum Gasteiger partial charge on any atom is -0.486 e. The molecule has 0 saturated carbocycles. The predicted octanol–water partition coefficient (Wildman–Crippen LogP) is 4.38. The number of halogens is 1. The fourth-order valence-electron chi connectivity index (χ4n) is 3.48. The van der Waals surface area contributed by atoms with E-state index in [0.717, 1.165) is 16.9 Å². The molecule has 172 valence electrons. The normalized spacial score (nSPS) is 13.9. The number of carbonyl (C=O) groups is 2. The van der Waals surface area contributed by atoms with E-state index in [2.05, 4.69) is 5.32 Å². The number of fused-ring (bicyclic) bond motifs is 1. The second-order valence-corrected chi connectivity index (χ2v) is 9.48. The summed E-state index contributed by atoms with van der Waals surface area (Å²) < 4.78 is 11.2. The van der Waals surface area contributed by atoms with Crippen molar-refractivity contribution in [2.75, 3.05) is 13.2 Å². The SMILES string of the molecule is CC(C(=O)NC(C)(C)C)N(Cc1ccc(Cl)cc1)C(=O)CCc1ccc2c(c1)OCCO2. The van der Waals surface area contributed by atoms with E-state index >= 15 is 0 Å². The molecule has 0 fully saturated rings. The van der Waals surface area contributed by atoms with Crippen molar-refractivity contribution in [3.63, 3.8) is 0 Å². The van der Waals surface area contributed by atoms with Crippen molar-refractivity contribution < 1.29 is 19.1 Å². The van der Waals surface area contributed by atoms with Crippen LogP contribution in [-0.2, 0) is 22.6 Å². The van der Waals surface area contributed by atoms with Crippen LogP contribution in [0.3, 0.4) is 0 Å². The van der Waals surface area contributed by atoms with E-state index in [-0.39, 0.29) is 23.8 Å². The Bertz CT molecular complexity index is 953. The lowest BCUT2D eigenvalue weighted by Gasteiger charge is -2.31. The molecule has 7 heteroatoms. The van der Waals surface area contributed by atoms with Gasteiger partial charge in [-0.05, 0) is 69.5 Å². The Kier molecular flexibility index (Phi) is 7.67. The summed E-state index contributed by atoms with van der Waals surface area (Å²) in [6.45, 7) is 8.92. The van der Waals surface area contributed by atoms with Crippen LogP contribution in [0.2, 0.25) is 5.02 Å². The average Bonchev–Trinajstić information content (AvgIpc) is 2.75. The second kappa shape index (κ2) is 10.3. The van der Waals surface area contributed by atoms with Crippen LogP contribution in [0.15, 0.2) is 42.5 Å². The number of benzene rings is 2. The van der Waals surface area contributed by atoms with Gasteiger partial charge in [-0.15, -0.1) is 0 Å². The van der Waals surface area contributed by atoms with Gasteiger partial charge in [-0.3, -0.25) is 9.59 Å². The first-order valence-corrected chi connectivity index (χ1v) is 11.2. The van der Waals surface area contributed by atoms with E-state index < -0.39 is 6.04 Å². The van der Waals surface area contributed by atoms with Crippen molar-refractivity contribution in [1.82, 2.24) is 10.2 Å². The largest absolute Gasteiger partial charge is 0.486 e. The van der Waals surface area contributed by atoms with Gasteiger partial charge in [0.1, 0.15) is 19.3 Å². The molecule has 0 bridgehead atoms. The van der Waals surface area contributed by atoms with Gasteiger partial charge in [-0.2, -0.15) is 0 Å². The molecule has 0 saturated heterocycles. The van der Waals surface area contributed by atoms with E-state index in [1.54, 1.807) is 24.0 Å². The number of aryl methyl sites for hydroxylation is 1. The lowest BCUT2D eigenvalue weighted by molar-refractivity contribution is -0.141. The topological polar surface area (TPSA) is 67.9 Å². The highest BCUT2D eigenvalue weighted by Crippen LogP contribution is 2.31. The number of hydrogen-bond acceptors (Lipinski definition) is 4. The summed E-state index contributed by atoms with van der Waals surface area (Å²) in [5.74, 6) is 1.16. The van der Waals surface area contributed by atoms with Crippen LogP contribution in [-0.4, -0.2) is 41.5 Å². The molecule has 0 spiro atoms. The van der Waals surface area contributed by atoms with Crippen LogP contribution in [0.5, 0.6) is 11.5 Å². The van der Waals surface area contributed by atoms with Crippen molar-refractivity contribution >= 4 is 23.4 Å². The number of rotatable bonds is 7. The maximum Gasteiger partial charge on any atom is 0.242 e. The molecule has 0 aromatic heterocycles. The first-order valence-electron chi connectivity index (χ1n) is 10.9. The number of nitrogens with one attached hydrogen (secondary N) is 1. The molecule has 3 rings (SSSR count). The Balaban J connectivity index is 1.73. The van der Waals surface area contributed by atoms with Gasteiger partial charge in [0, 0.05) is 23.5 Å². The number of amides is 2. The van der Waals surface area contributed by atoms with E-state index in [1.807, 2.05) is 51.1 Å². The lowest BCUT2D eigenvalue weighted by atomic mass is 10.1. The maximum absolute atomic E-state index is 13.3. The molecule has 2 amide bonds. The molecular weight excluding hydrogens is 428 g/mol. The van der Waals surface area contributed by atoms with E-state index in [0.29, 0.717) is 37.0 Å². The van der Waals surface area contributed by atoms with Gasteiger partial charge in [0.15, 0.2) is 11.5 Å². The first kappa shape index (κ1) is 23.9. The van der Waals surface area contributed by atoms with Crippen molar-refractivity contribution in [3.05, 3.63) is 58.6 Å². The molecule has 1 heterocycles. The molecule has 2 aromatic carbocycles. The monoisotopic (exact) mass is 458 g/mol.